The predicted octanol–water partition coefficient (Wildman–Crippen LogP) is 2.17. The lowest BCUT2D eigenvalue weighted by Crippen LogP contribution is -2.48. The van der Waals surface area contributed by atoms with Crippen LogP contribution in [0, 0.1) is 5.92 Å². The van der Waals surface area contributed by atoms with Crippen molar-refractivity contribution < 1.29 is 4.79 Å². The highest BCUT2D eigenvalue weighted by molar-refractivity contribution is 5.77. The molecule has 1 N–H and O–H groups in total. The zero-order valence-electron chi connectivity index (χ0n) is 11.2. The molecule has 0 saturated carbocycles. The molecule has 0 aliphatic carbocycles. The molecule has 17 heavy (non-hydrogen) atoms. The van der Waals surface area contributed by atoms with Crippen molar-refractivity contribution in [2.75, 3.05) is 13.1 Å². The molecular formula is C14H26N2O. The van der Waals surface area contributed by atoms with E-state index in [4.69, 9.17) is 0 Å². The van der Waals surface area contributed by atoms with Gasteiger partial charge in [-0.25, -0.2) is 0 Å². The van der Waals surface area contributed by atoms with Crippen LogP contribution in [-0.2, 0) is 4.79 Å². The first-order valence-corrected chi connectivity index (χ1v) is 7.20. The second-order valence-electron chi connectivity index (χ2n) is 5.83. The van der Waals surface area contributed by atoms with E-state index in [0.29, 0.717) is 23.9 Å². The first-order chi connectivity index (χ1) is 8.18. The number of carbonyl (C=O) groups excluding carboxylic acids is 1. The van der Waals surface area contributed by atoms with E-state index in [-0.39, 0.29) is 0 Å². The van der Waals surface area contributed by atoms with Gasteiger partial charge < -0.3 is 10.2 Å². The molecule has 0 bridgehead atoms. The Bertz CT molecular complexity index is 251. The Hall–Kier alpha value is -0.570. The molecule has 2 rings (SSSR count). The van der Waals surface area contributed by atoms with Crippen LogP contribution in [-0.4, -0.2) is 36.0 Å². The van der Waals surface area contributed by atoms with Gasteiger partial charge in [-0.05, 0) is 65.0 Å². The minimum atomic E-state index is 0.400. The van der Waals surface area contributed by atoms with E-state index in [1.54, 1.807) is 0 Å². The van der Waals surface area contributed by atoms with E-state index in [0.717, 1.165) is 19.5 Å². The summed E-state index contributed by atoms with van der Waals surface area (Å²) >= 11 is 0. The summed E-state index contributed by atoms with van der Waals surface area (Å²) in [5.41, 5.74) is 0. The van der Waals surface area contributed by atoms with Crippen molar-refractivity contribution in [3.8, 4) is 0 Å². The van der Waals surface area contributed by atoms with E-state index in [1.807, 2.05) is 0 Å². The molecule has 0 aromatic heterocycles. The minimum absolute atomic E-state index is 0.400. The lowest BCUT2D eigenvalue weighted by Gasteiger charge is -2.40. The molecule has 0 radical (unpaired) electrons. The standard InChI is InChI=1S/C14H26N2O/c1-11-4-3-5-12(2)16(11)14(17)10-13-6-8-15-9-7-13/h11-13,15H,3-10H2,1-2H3. The zero-order valence-corrected chi connectivity index (χ0v) is 11.2. The summed E-state index contributed by atoms with van der Waals surface area (Å²) in [5.74, 6) is 1.02. The van der Waals surface area contributed by atoms with Crippen LogP contribution in [0.3, 0.4) is 0 Å². The van der Waals surface area contributed by atoms with Gasteiger partial charge in [-0.3, -0.25) is 4.79 Å². The fourth-order valence-corrected chi connectivity index (χ4v) is 3.35. The molecule has 2 aliphatic rings. The fourth-order valence-electron chi connectivity index (χ4n) is 3.35. The predicted molar refractivity (Wildman–Crippen MR) is 69.8 cm³/mol. The molecule has 2 aliphatic heterocycles. The molecule has 98 valence electrons. The van der Waals surface area contributed by atoms with Crippen LogP contribution in [0.4, 0.5) is 0 Å². The van der Waals surface area contributed by atoms with Gasteiger partial charge in [0.15, 0.2) is 0 Å². The lowest BCUT2D eigenvalue weighted by molar-refractivity contribution is -0.138. The summed E-state index contributed by atoms with van der Waals surface area (Å²) in [7, 11) is 0. The highest BCUT2D eigenvalue weighted by Gasteiger charge is 2.30. The summed E-state index contributed by atoms with van der Waals surface area (Å²) in [4.78, 5) is 14.6. The maximum absolute atomic E-state index is 12.4. The molecule has 0 aromatic rings. The average Bonchev–Trinajstić information content (AvgIpc) is 2.30. The number of nitrogens with zero attached hydrogens (tertiary/aromatic N) is 1. The van der Waals surface area contributed by atoms with Gasteiger partial charge >= 0.3 is 0 Å². The molecule has 3 nitrogen and oxygen atoms in total. The maximum atomic E-state index is 12.4. The average molecular weight is 238 g/mol. The summed E-state index contributed by atoms with van der Waals surface area (Å²) in [5, 5.41) is 3.36. The number of rotatable bonds is 2. The highest BCUT2D eigenvalue weighted by atomic mass is 16.2. The van der Waals surface area contributed by atoms with Crippen molar-refractivity contribution in [3.05, 3.63) is 0 Å². The van der Waals surface area contributed by atoms with E-state index in [9.17, 15) is 4.79 Å². The van der Waals surface area contributed by atoms with Gasteiger partial charge in [-0.15, -0.1) is 0 Å². The van der Waals surface area contributed by atoms with Gasteiger partial charge in [-0.2, -0.15) is 0 Å². The molecule has 3 heteroatoms. The Labute approximate surface area is 105 Å². The third-order valence-electron chi connectivity index (χ3n) is 4.40. The second kappa shape index (κ2) is 5.85. The number of likely N-dealkylation sites (tertiary alicyclic amines) is 1. The summed E-state index contributed by atoms with van der Waals surface area (Å²) in [6.45, 7) is 6.58. The molecular weight excluding hydrogens is 212 g/mol. The normalized spacial score (nSPS) is 31.5. The molecule has 2 atom stereocenters. The Morgan fingerprint density at radius 1 is 1.12 bits per heavy atom. The topological polar surface area (TPSA) is 32.3 Å². The first kappa shape index (κ1) is 12.9. The molecule has 2 unspecified atom stereocenters. The van der Waals surface area contributed by atoms with E-state index in [2.05, 4.69) is 24.1 Å². The largest absolute Gasteiger partial charge is 0.337 e. The van der Waals surface area contributed by atoms with Gasteiger partial charge in [0.2, 0.25) is 5.91 Å². The van der Waals surface area contributed by atoms with Crippen LogP contribution in [0.15, 0.2) is 0 Å². The van der Waals surface area contributed by atoms with Gasteiger partial charge in [0, 0.05) is 18.5 Å². The van der Waals surface area contributed by atoms with Crippen LogP contribution < -0.4 is 5.32 Å². The molecule has 2 fully saturated rings. The van der Waals surface area contributed by atoms with Gasteiger partial charge in [0.05, 0.1) is 0 Å². The first-order valence-electron chi connectivity index (χ1n) is 7.20. The van der Waals surface area contributed by atoms with Crippen molar-refractivity contribution in [2.45, 2.75) is 64.5 Å². The number of hydrogen-bond acceptors (Lipinski definition) is 2. The number of hydrogen-bond donors (Lipinski definition) is 1. The summed E-state index contributed by atoms with van der Waals surface area (Å²) in [6, 6.07) is 0.904. The molecule has 2 saturated heterocycles. The van der Waals surface area contributed by atoms with Gasteiger partial charge in [0.1, 0.15) is 0 Å². The number of piperidine rings is 2. The van der Waals surface area contributed by atoms with Crippen molar-refractivity contribution in [1.82, 2.24) is 10.2 Å². The van der Waals surface area contributed by atoms with Crippen molar-refractivity contribution in [3.63, 3.8) is 0 Å². The zero-order chi connectivity index (χ0) is 12.3. The van der Waals surface area contributed by atoms with Crippen molar-refractivity contribution in [2.24, 2.45) is 5.92 Å². The third-order valence-corrected chi connectivity index (χ3v) is 4.40. The monoisotopic (exact) mass is 238 g/mol. The Morgan fingerprint density at radius 3 is 2.29 bits per heavy atom. The maximum Gasteiger partial charge on any atom is 0.223 e. The Morgan fingerprint density at radius 2 is 1.71 bits per heavy atom. The summed E-state index contributed by atoms with van der Waals surface area (Å²) < 4.78 is 0. The minimum Gasteiger partial charge on any atom is -0.337 e. The van der Waals surface area contributed by atoms with Crippen LogP contribution in [0.5, 0.6) is 0 Å². The van der Waals surface area contributed by atoms with Crippen molar-refractivity contribution in [1.29, 1.82) is 0 Å². The fraction of sp³-hybridized carbons (Fsp3) is 0.929. The van der Waals surface area contributed by atoms with Gasteiger partial charge in [0.25, 0.3) is 0 Å². The summed E-state index contributed by atoms with van der Waals surface area (Å²) in [6.07, 6.45) is 6.76. The molecule has 1 amide bonds. The van der Waals surface area contributed by atoms with E-state index < -0.39 is 0 Å². The van der Waals surface area contributed by atoms with Gasteiger partial charge in [-0.1, -0.05) is 0 Å². The highest BCUT2D eigenvalue weighted by Crippen LogP contribution is 2.25. The van der Waals surface area contributed by atoms with Crippen LogP contribution in [0.2, 0.25) is 0 Å². The SMILES string of the molecule is CC1CCCC(C)N1C(=O)CC1CCNCC1. The Balaban J connectivity index is 1.88. The lowest BCUT2D eigenvalue weighted by atomic mass is 9.91. The van der Waals surface area contributed by atoms with Crippen LogP contribution in [0.1, 0.15) is 52.4 Å². The smallest absolute Gasteiger partial charge is 0.223 e. The second-order valence-corrected chi connectivity index (χ2v) is 5.83. The Kier molecular flexibility index (Phi) is 4.43. The molecule has 0 aromatic carbocycles. The number of nitrogens with one attached hydrogen (secondary N) is 1. The van der Waals surface area contributed by atoms with Crippen LogP contribution >= 0.6 is 0 Å². The van der Waals surface area contributed by atoms with Crippen LogP contribution in [0.25, 0.3) is 0 Å². The quantitative estimate of drug-likeness (QED) is 0.799. The van der Waals surface area contributed by atoms with E-state index in [1.165, 1.54) is 32.1 Å². The van der Waals surface area contributed by atoms with E-state index >= 15 is 0 Å². The third kappa shape index (κ3) is 3.21. The number of amides is 1. The van der Waals surface area contributed by atoms with Crippen molar-refractivity contribution >= 4 is 5.91 Å². The molecule has 2 heterocycles. The number of carbonyl (C=O) groups is 1. The molecule has 0 spiro atoms.